The molecule has 0 saturated carbocycles. The molecule has 0 spiro atoms. The van der Waals surface area contributed by atoms with Gasteiger partial charge in [-0.3, -0.25) is 4.98 Å². The average molecular weight is 246 g/mol. The van der Waals surface area contributed by atoms with Crippen molar-refractivity contribution < 1.29 is 4.74 Å². The minimum absolute atomic E-state index is 0.0519. The van der Waals surface area contributed by atoms with Gasteiger partial charge in [0.15, 0.2) is 0 Å². The largest absolute Gasteiger partial charge is 0.491 e. The standard InChI is InChI=1S/C12H14N4O2/c1-7(2)18-9-5-3-4-8(6-9)10-14-11(13)16-12(17)15-10/h3-7H,1-2H3,(H3,13,14,15,16,17). The summed E-state index contributed by atoms with van der Waals surface area (Å²) in [4.78, 5) is 21.2. The first-order chi connectivity index (χ1) is 8.54. The van der Waals surface area contributed by atoms with E-state index in [2.05, 4.69) is 15.0 Å². The maximum absolute atomic E-state index is 11.2. The van der Waals surface area contributed by atoms with Gasteiger partial charge in [-0.1, -0.05) is 12.1 Å². The molecule has 0 aliphatic heterocycles. The second-order valence-electron chi connectivity index (χ2n) is 4.06. The summed E-state index contributed by atoms with van der Waals surface area (Å²) in [5.41, 5.74) is 5.64. The van der Waals surface area contributed by atoms with E-state index in [-0.39, 0.29) is 12.1 Å². The number of nitrogens with one attached hydrogen (secondary N) is 1. The quantitative estimate of drug-likeness (QED) is 0.848. The Hall–Kier alpha value is -2.37. The third-order valence-electron chi connectivity index (χ3n) is 2.15. The zero-order valence-electron chi connectivity index (χ0n) is 10.2. The van der Waals surface area contributed by atoms with Crippen LogP contribution >= 0.6 is 0 Å². The number of nitrogens with two attached hydrogens (primary N) is 1. The zero-order chi connectivity index (χ0) is 13.1. The maximum Gasteiger partial charge on any atom is 0.349 e. The molecule has 2 aromatic rings. The van der Waals surface area contributed by atoms with Crippen LogP contribution in [-0.4, -0.2) is 21.1 Å². The molecule has 0 saturated heterocycles. The Bertz CT molecular complexity index is 607. The smallest absolute Gasteiger partial charge is 0.349 e. The molecule has 1 aromatic heterocycles. The average Bonchev–Trinajstić information content (AvgIpc) is 2.27. The number of H-pyrrole nitrogens is 1. The highest BCUT2D eigenvalue weighted by molar-refractivity contribution is 5.57. The minimum atomic E-state index is -0.521. The highest BCUT2D eigenvalue weighted by atomic mass is 16.5. The minimum Gasteiger partial charge on any atom is -0.491 e. The lowest BCUT2D eigenvalue weighted by atomic mass is 10.2. The van der Waals surface area contributed by atoms with Gasteiger partial charge in [0.2, 0.25) is 5.95 Å². The molecule has 0 atom stereocenters. The van der Waals surface area contributed by atoms with Gasteiger partial charge < -0.3 is 10.5 Å². The van der Waals surface area contributed by atoms with Crippen molar-refractivity contribution in [3.63, 3.8) is 0 Å². The molecule has 3 N–H and O–H groups in total. The number of benzene rings is 1. The van der Waals surface area contributed by atoms with E-state index in [1.807, 2.05) is 32.0 Å². The lowest BCUT2D eigenvalue weighted by Crippen LogP contribution is -2.15. The fraction of sp³-hybridized carbons (Fsp3) is 0.250. The van der Waals surface area contributed by atoms with Crippen molar-refractivity contribution in [2.24, 2.45) is 0 Å². The molecule has 0 amide bonds. The number of nitrogen functional groups attached to an aromatic ring is 1. The van der Waals surface area contributed by atoms with Gasteiger partial charge in [-0.2, -0.15) is 9.97 Å². The van der Waals surface area contributed by atoms with Crippen molar-refractivity contribution >= 4 is 5.95 Å². The summed E-state index contributed by atoms with van der Waals surface area (Å²) in [5, 5.41) is 0. The summed E-state index contributed by atoms with van der Waals surface area (Å²) in [6.45, 7) is 3.88. The summed E-state index contributed by atoms with van der Waals surface area (Å²) in [7, 11) is 0. The molecule has 18 heavy (non-hydrogen) atoms. The second-order valence-corrected chi connectivity index (χ2v) is 4.06. The van der Waals surface area contributed by atoms with Crippen molar-refractivity contribution in [1.29, 1.82) is 0 Å². The molecule has 1 aromatic carbocycles. The van der Waals surface area contributed by atoms with Crippen LogP contribution in [0.25, 0.3) is 11.4 Å². The molecule has 6 heteroatoms. The van der Waals surface area contributed by atoms with Crippen molar-refractivity contribution in [3.05, 3.63) is 34.7 Å². The van der Waals surface area contributed by atoms with Crippen molar-refractivity contribution in [2.45, 2.75) is 20.0 Å². The van der Waals surface area contributed by atoms with Crippen LogP contribution in [0.4, 0.5) is 5.95 Å². The first-order valence-corrected chi connectivity index (χ1v) is 5.55. The van der Waals surface area contributed by atoms with Crippen LogP contribution < -0.4 is 16.2 Å². The normalized spacial score (nSPS) is 10.6. The number of aromatic amines is 1. The maximum atomic E-state index is 11.2. The topological polar surface area (TPSA) is 93.9 Å². The first kappa shape index (κ1) is 12.1. The Labute approximate surface area is 104 Å². The summed E-state index contributed by atoms with van der Waals surface area (Å²) < 4.78 is 5.57. The van der Waals surface area contributed by atoms with Crippen LogP contribution in [0.3, 0.4) is 0 Å². The van der Waals surface area contributed by atoms with Crippen LogP contribution in [0.15, 0.2) is 29.1 Å². The van der Waals surface area contributed by atoms with E-state index >= 15 is 0 Å². The van der Waals surface area contributed by atoms with Crippen molar-refractivity contribution in [2.75, 3.05) is 5.73 Å². The van der Waals surface area contributed by atoms with Gasteiger partial charge in [0.05, 0.1) is 6.10 Å². The number of hydrogen-bond acceptors (Lipinski definition) is 5. The molecule has 0 unspecified atom stereocenters. The number of ether oxygens (including phenoxy) is 1. The zero-order valence-corrected chi connectivity index (χ0v) is 10.2. The van der Waals surface area contributed by atoms with Gasteiger partial charge in [-0.05, 0) is 26.0 Å². The predicted octanol–water partition coefficient (Wildman–Crippen LogP) is 1.20. The van der Waals surface area contributed by atoms with Crippen LogP contribution in [0, 0.1) is 0 Å². The number of hydrogen-bond donors (Lipinski definition) is 2. The molecule has 2 rings (SSSR count). The van der Waals surface area contributed by atoms with E-state index in [0.717, 1.165) is 5.56 Å². The van der Waals surface area contributed by atoms with Gasteiger partial charge in [-0.25, -0.2) is 4.79 Å². The lowest BCUT2D eigenvalue weighted by molar-refractivity contribution is 0.242. The Morgan fingerprint density at radius 3 is 2.78 bits per heavy atom. The van der Waals surface area contributed by atoms with Crippen molar-refractivity contribution in [3.8, 4) is 17.1 Å². The lowest BCUT2D eigenvalue weighted by Gasteiger charge is -2.10. The van der Waals surface area contributed by atoms with E-state index in [0.29, 0.717) is 11.6 Å². The Morgan fingerprint density at radius 1 is 1.33 bits per heavy atom. The SMILES string of the molecule is CC(C)Oc1cccc(-c2nc(N)nc(=O)[nH]2)c1. The summed E-state index contributed by atoms with van der Waals surface area (Å²) in [6.07, 6.45) is 0.0785. The summed E-state index contributed by atoms with van der Waals surface area (Å²) in [5.74, 6) is 1.03. The van der Waals surface area contributed by atoms with E-state index in [9.17, 15) is 4.79 Å². The fourth-order valence-corrected chi connectivity index (χ4v) is 1.53. The van der Waals surface area contributed by atoms with Gasteiger partial charge in [-0.15, -0.1) is 0 Å². The third-order valence-corrected chi connectivity index (χ3v) is 2.15. The number of aromatic nitrogens is 3. The summed E-state index contributed by atoms with van der Waals surface area (Å²) >= 11 is 0. The number of anilines is 1. The fourth-order valence-electron chi connectivity index (χ4n) is 1.53. The number of rotatable bonds is 3. The molecular formula is C12H14N4O2. The van der Waals surface area contributed by atoms with Crippen LogP contribution in [-0.2, 0) is 0 Å². The van der Waals surface area contributed by atoms with E-state index < -0.39 is 5.69 Å². The predicted molar refractivity (Wildman–Crippen MR) is 68.3 cm³/mol. The van der Waals surface area contributed by atoms with Crippen LogP contribution in [0.2, 0.25) is 0 Å². The summed E-state index contributed by atoms with van der Waals surface area (Å²) in [6, 6.07) is 7.26. The molecule has 0 radical (unpaired) electrons. The van der Waals surface area contributed by atoms with Gasteiger partial charge in [0.25, 0.3) is 0 Å². The van der Waals surface area contributed by atoms with Crippen LogP contribution in [0.5, 0.6) is 5.75 Å². The van der Waals surface area contributed by atoms with E-state index in [4.69, 9.17) is 10.5 Å². The van der Waals surface area contributed by atoms with E-state index in [1.54, 1.807) is 6.07 Å². The molecular weight excluding hydrogens is 232 g/mol. The van der Waals surface area contributed by atoms with Crippen molar-refractivity contribution in [1.82, 2.24) is 15.0 Å². The monoisotopic (exact) mass is 246 g/mol. The third kappa shape index (κ3) is 2.85. The molecule has 6 nitrogen and oxygen atoms in total. The Balaban J connectivity index is 2.41. The van der Waals surface area contributed by atoms with Gasteiger partial charge in [0, 0.05) is 5.56 Å². The second kappa shape index (κ2) is 4.87. The molecule has 1 heterocycles. The van der Waals surface area contributed by atoms with Gasteiger partial charge >= 0.3 is 5.69 Å². The highest BCUT2D eigenvalue weighted by Gasteiger charge is 2.05. The molecule has 0 aliphatic carbocycles. The Kier molecular flexibility index (Phi) is 3.27. The molecule has 0 fully saturated rings. The molecule has 0 aliphatic rings. The number of nitrogens with zero attached hydrogens (tertiary/aromatic N) is 2. The molecule has 94 valence electrons. The van der Waals surface area contributed by atoms with Crippen LogP contribution in [0.1, 0.15) is 13.8 Å². The highest BCUT2D eigenvalue weighted by Crippen LogP contribution is 2.21. The van der Waals surface area contributed by atoms with E-state index in [1.165, 1.54) is 0 Å². The van der Waals surface area contributed by atoms with Gasteiger partial charge in [0.1, 0.15) is 11.6 Å². The molecule has 0 bridgehead atoms. The Morgan fingerprint density at radius 2 is 2.11 bits per heavy atom. The first-order valence-electron chi connectivity index (χ1n) is 5.55.